The van der Waals surface area contributed by atoms with Gasteiger partial charge in [-0.2, -0.15) is 13.6 Å². The number of hydrogen-bond acceptors (Lipinski definition) is 6. The number of rotatable bonds is 5. The van der Waals surface area contributed by atoms with E-state index in [0.717, 1.165) is 5.39 Å². The smallest absolute Gasteiger partial charge is 0.298 e. The van der Waals surface area contributed by atoms with Crippen molar-refractivity contribution in [3.05, 3.63) is 54.1 Å². The number of nitrogens with zero attached hydrogens (tertiary/aromatic N) is 4. The Bertz CT molecular complexity index is 1230. The average molecular weight is 397 g/mol. The number of aromatic amines is 1. The molecule has 1 N–H and O–H groups in total. The fraction of sp³-hybridized carbons (Fsp3) is 0.211. The largest absolute Gasteiger partial charge is 0.442 e. The summed E-state index contributed by atoms with van der Waals surface area (Å²) in [6.45, 7) is 5.39. The highest BCUT2D eigenvalue weighted by Crippen LogP contribution is 2.34. The molecule has 2 aromatic carbocycles. The normalized spacial score (nSPS) is 12.0. The summed E-state index contributed by atoms with van der Waals surface area (Å²) in [6.07, 6.45) is 0. The lowest BCUT2D eigenvalue weighted by atomic mass is 10.2. The maximum Gasteiger partial charge on any atom is 0.298 e. The summed E-state index contributed by atoms with van der Waals surface area (Å²) in [5.41, 5.74) is 2.30. The van der Waals surface area contributed by atoms with Crippen LogP contribution in [0.15, 0.2) is 58.0 Å². The van der Waals surface area contributed by atoms with E-state index in [9.17, 15) is 8.42 Å². The molecule has 0 atom stereocenters. The van der Waals surface area contributed by atoms with Crippen molar-refractivity contribution in [2.45, 2.75) is 31.9 Å². The monoisotopic (exact) mass is 397 g/mol. The number of anilines is 1. The molecule has 8 nitrogen and oxygen atoms in total. The molecule has 0 spiro atoms. The predicted molar refractivity (Wildman–Crippen MR) is 105 cm³/mol. The molecule has 28 heavy (non-hydrogen) atoms. The Balaban J connectivity index is 1.86. The second kappa shape index (κ2) is 6.75. The molecule has 0 bridgehead atoms. The van der Waals surface area contributed by atoms with Crippen molar-refractivity contribution in [1.29, 1.82) is 0 Å². The van der Waals surface area contributed by atoms with Crippen LogP contribution in [0.2, 0.25) is 0 Å². The number of sulfonamides is 1. The standard InChI is InChI=1S/C19H19N5O3S/c1-12(2)24(15-8-6-7-14(11-15)18-20-22-23-21-18)28(25,26)19-13(3)16-9-4-5-10-17(16)27-19/h4-12H,1-3H3,(H,20,21,22,23). The van der Waals surface area contributed by atoms with E-state index in [4.69, 9.17) is 4.42 Å². The average Bonchev–Trinajstić information content (AvgIpc) is 3.31. The summed E-state index contributed by atoms with van der Waals surface area (Å²) >= 11 is 0. The molecule has 0 saturated heterocycles. The highest BCUT2D eigenvalue weighted by molar-refractivity contribution is 7.92. The third-order valence-corrected chi connectivity index (χ3v) is 6.47. The quantitative estimate of drug-likeness (QED) is 0.552. The predicted octanol–water partition coefficient (Wildman–Crippen LogP) is 3.53. The summed E-state index contributed by atoms with van der Waals surface area (Å²) in [4.78, 5) is 0. The summed E-state index contributed by atoms with van der Waals surface area (Å²) in [5.74, 6) is 0.392. The van der Waals surface area contributed by atoms with E-state index in [0.29, 0.717) is 28.2 Å². The molecule has 9 heteroatoms. The maximum absolute atomic E-state index is 13.5. The van der Waals surface area contributed by atoms with E-state index < -0.39 is 10.0 Å². The Labute approximate surface area is 162 Å². The topological polar surface area (TPSA) is 105 Å². The maximum atomic E-state index is 13.5. The lowest BCUT2D eigenvalue weighted by Crippen LogP contribution is -2.37. The Morgan fingerprint density at radius 2 is 1.89 bits per heavy atom. The van der Waals surface area contributed by atoms with Gasteiger partial charge in [-0.15, -0.1) is 10.2 Å². The zero-order valence-electron chi connectivity index (χ0n) is 15.6. The van der Waals surface area contributed by atoms with Gasteiger partial charge in [0, 0.05) is 22.6 Å². The summed E-state index contributed by atoms with van der Waals surface area (Å²) in [7, 11) is -3.93. The minimum atomic E-state index is -3.93. The fourth-order valence-electron chi connectivity index (χ4n) is 3.27. The Kier molecular flexibility index (Phi) is 4.38. The lowest BCUT2D eigenvalue weighted by molar-refractivity contribution is 0.473. The minimum absolute atomic E-state index is 0.0487. The molecule has 0 aliphatic rings. The van der Waals surface area contributed by atoms with Gasteiger partial charge in [-0.05, 0) is 44.2 Å². The fourth-order valence-corrected chi connectivity index (χ4v) is 5.08. The molecular formula is C19H19N5O3S. The number of fused-ring (bicyclic) bond motifs is 1. The van der Waals surface area contributed by atoms with Crippen LogP contribution in [0.25, 0.3) is 22.4 Å². The van der Waals surface area contributed by atoms with E-state index in [1.165, 1.54) is 4.31 Å². The summed E-state index contributed by atoms with van der Waals surface area (Å²) in [5, 5.41) is 14.6. The lowest BCUT2D eigenvalue weighted by Gasteiger charge is -2.27. The molecule has 0 aliphatic carbocycles. The van der Waals surface area contributed by atoms with Crippen LogP contribution in [0.5, 0.6) is 0 Å². The van der Waals surface area contributed by atoms with Crippen LogP contribution in [0, 0.1) is 6.92 Å². The molecular weight excluding hydrogens is 378 g/mol. The first kappa shape index (κ1) is 18.2. The van der Waals surface area contributed by atoms with E-state index in [-0.39, 0.29) is 11.1 Å². The first-order valence-electron chi connectivity index (χ1n) is 8.76. The van der Waals surface area contributed by atoms with Crippen molar-refractivity contribution in [2.24, 2.45) is 0 Å². The van der Waals surface area contributed by atoms with Gasteiger partial charge >= 0.3 is 0 Å². The van der Waals surface area contributed by atoms with Crippen LogP contribution in [-0.2, 0) is 10.0 Å². The van der Waals surface area contributed by atoms with Gasteiger partial charge in [0.2, 0.25) is 10.9 Å². The number of aromatic nitrogens is 4. The second-order valence-electron chi connectivity index (χ2n) is 6.69. The number of H-pyrrole nitrogens is 1. The van der Waals surface area contributed by atoms with Crippen LogP contribution < -0.4 is 4.31 Å². The molecule has 2 heterocycles. The van der Waals surface area contributed by atoms with Gasteiger partial charge in [-0.25, -0.2) is 0 Å². The summed E-state index contributed by atoms with van der Waals surface area (Å²) in [6, 6.07) is 14.0. The molecule has 4 rings (SSSR count). The van der Waals surface area contributed by atoms with Crippen LogP contribution in [0.3, 0.4) is 0 Å². The van der Waals surface area contributed by atoms with Gasteiger partial charge in [0.25, 0.3) is 10.0 Å². The summed E-state index contributed by atoms with van der Waals surface area (Å²) < 4.78 is 34.2. The van der Waals surface area contributed by atoms with Crippen molar-refractivity contribution in [2.75, 3.05) is 4.31 Å². The van der Waals surface area contributed by atoms with Gasteiger partial charge in [-0.3, -0.25) is 4.31 Å². The molecule has 0 saturated carbocycles. The first-order chi connectivity index (χ1) is 13.4. The highest BCUT2D eigenvalue weighted by atomic mass is 32.2. The Morgan fingerprint density at radius 1 is 1.11 bits per heavy atom. The number of para-hydroxylation sites is 1. The molecule has 4 aromatic rings. The number of aryl methyl sites for hydroxylation is 1. The highest BCUT2D eigenvalue weighted by Gasteiger charge is 2.33. The van der Waals surface area contributed by atoms with Gasteiger partial charge in [0.05, 0.1) is 5.69 Å². The second-order valence-corrected chi connectivity index (χ2v) is 8.41. The van der Waals surface area contributed by atoms with Crippen LogP contribution in [0.4, 0.5) is 5.69 Å². The molecule has 0 aliphatic heterocycles. The van der Waals surface area contributed by atoms with Crippen LogP contribution in [0.1, 0.15) is 19.4 Å². The van der Waals surface area contributed by atoms with Crippen LogP contribution >= 0.6 is 0 Å². The molecule has 0 unspecified atom stereocenters. The van der Waals surface area contributed by atoms with E-state index in [1.54, 1.807) is 37.3 Å². The third-order valence-electron chi connectivity index (χ3n) is 4.47. The Hall–Kier alpha value is -3.20. The number of furan rings is 1. The van der Waals surface area contributed by atoms with Crippen molar-refractivity contribution < 1.29 is 12.8 Å². The van der Waals surface area contributed by atoms with Crippen molar-refractivity contribution in [1.82, 2.24) is 20.6 Å². The van der Waals surface area contributed by atoms with Gasteiger partial charge in [-0.1, -0.05) is 30.3 Å². The van der Waals surface area contributed by atoms with Crippen LogP contribution in [-0.4, -0.2) is 35.1 Å². The molecule has 0 radical (unpaired) electrons. The van der Waals surface area contributed by atoms with Crippen molar-refractivity contribution in [3.8, 4) is 11.4 Å². The van der Waals surface area contributed by atoms with E-state index in [1.807, 2.05) is 32.0 Å². The third kappa shape index (κ3) is 2.93. The van der Waals surface area contributed by atoms with Gasteiger partial charge in [0.1, 0.15) is 5.58 Å². The molecule has 2 aromatic heterocycles. The number of tetrazole rings is 1. The number of hydrogen-bond donors (Lipinski definition) is 1. The Morgan fingerprint density at radius 3 is 2.57 bits per heavy atom. The zero-order chi connectivity index (χ0) is 19.9. The number of benzene rings is 2. The molecule has 0 amide bonds. The van der Waals surface area contributed by atoms with Gasteiger partial charge in [0.15, 0.2) is 0 Å². The minimum Gasteiger partial charge on any atom is -0.442 e. The van der Waals surface area contributed by atoms with Crippen molar-refractivity contribution in [3.63, 3.8) is 0 Å². The molecule has 144 valence electrons. The first-order valence-corrected chi connectivity index (χ1v) is 10.2. The molecule has 0 fully saturated rings. The van der Waals surface area contributed by atoms with E-state index >= 15 is 0 Å². The van der Waals surface area contributed by atoms with E-state index in [2.05, 4.69) is 20.6 Å². The zero-order valence-corrected chi connectivity index (χ0v) is 16.4. The van der Waals surface area contributed by atoms with Gasteiger partial charge < -0.3 is 4.42 Å². The number of nitrogens with one attached hydrogen (secondary N) is 1. The van der Waals surface area contributed by atoms with Crippen molar-refractivity contribution >= 4 is 26.7 Å². The SMILES string of the molecule is Cc1c(S(=O)(=O)N(c2cccc(-c3nn[nH]n3)c2)C(C)C)oc2ccccc12.